The predicted molar refractivity (Wildman–Crippen MR) is 82.4 cm³/mol. The van der Waals surface area contributed by atoms with Crippen molar-refractivity contribution in [2.45, 2.75) is 25.4 Å². The van der Waals surface area contributed by atoms with Gasteiger partial charge in [-0.1, -0.05) is 6.08 Å². The average Bonchev–Trinajstić information content (AvgIpc) is 2.85. The quantitative estimate of drug-likeness (QED) is 0.769. The number of alkyl halides is 3. The Morgan fingerprint density at radius 3 is 2.83 bits per heavy atom. The van der Waals surface area contributed by atoms with Gasteiger partial charge in [0.1, 0.15) is 13.1 Å². The molecular formula is C15H17F3N2O2S. The molecule has 0 atom stereocenters. The summed E-state index contributed by atoms with van der Waals surface area (Å²) in [6, 6.07) is 1.73. The van der Waals surface area contributed by atoms with Crippen LogP contribution in [0.2, 0.25) is 0 Å². The van der Waals surface area contributed by atoms with E-state index in [1.54, 1.807) is 6.07 Å². The molecule has 0 saturated carbocycles. The number of rotatable bonds is 5. The summed E-state index contributed by atoms with van der Waals surface area (Å²) in [5.41, 5.74) is 0.636. The van der Waals surface area contributed by atoms with E-state index in [9.17, 15) is 22.8 Å². The molecule has 126 valence electrons. The van der Waals surface area contributed by atoms with Crippen molar-refractivity contribution in [2.24, 2.45) is 0 Å². The fourth-order valence-corrected chi connectivity index (χ4v) is 3.39. The second-order valence-corrected chi connectivity index (χ2v) is 6.24. The lowest BCUT2D eigenvalue weighted by Gasteiger charge is -2.27. The first-order valence-corrected chi connectivity index (χ1v) is 8.02. The Hall–Kier alpha value is -1.83. The SMILES string of the molecule is C=CCN(CC(F)(F)F)C(=O)CN1C(=O)CCCc2sccc21. The first kappa shape index (κ1) is 17.5. The molecule has 0 aliphatic carbocycles. The number of carbonyl (C=O) groups excluding carboxylic acids is 2. The van der Waals surface area contributed by atoms with Gasteiger partial charge in [0, 0.05) is 17.8 Å². The van der Waals surface area contributed by atoms with Gasteiger partial charge in [-0.05, 0) is 24.3 Å². The molecule has 4 nitrogen and oxygen atoms in total. The molecule has 2 heterocycles. The van der Waals surface area contributed by atoms with Crippen LogP contribution >= 0.6 is 11.3 Å². The topological polar surface area (TPSA) is 40.6 Å². The maximum Gasteiger partial charge on any atom is 0.406 e. The van der Waals surface area contributed by atoms with Gasteiger partial charge < -0.3 is 9.80 Å². The van der Waals surface area contributed by atoms with Gasteiger partial charge in [0.15, 0.2) is 0 Å². The Kier molecular flexibility index (Phi) is 5.46. The maximum atomic E-state index is 12.6. The molecule has 0 bridgehead atoms. The third-order valence-electron chi connectivity index (χ3n) is 3.47. The third-order valence-corrected chi connectivity index (χ3v) is 4.44. The lowest BCUT2D eigenvalue weighted by atomic mass is 10.2. The molecule has 0 spiro atoms. The summed E-state index contributed by atoms with van der Waals surface area (Å²) in [4.78, 5) is 27.4. The van der Waals surface area contributed by atoms with Gasteiger partial charge in [0.2, 0.25) is 11.8 Å². The minimum absolute atomic E-state index is 0.211. The molecule has 0 fully saturated rings. The molecule has 2 amide bonds. The molecule has 0 saturated heterocycles. The Morgan fingerprint density at radius 2 is 2.17 bits per heavy atom. The number of amides is 2. The molecular weight excluding hydrogens is 329 g/mol. The zero-order chi connectivity index (χ0) is 17.0. The second-order valence-electron chi connectivity index (χ2n) is 5.24. The van der Waals surface area contributed by atoms with Gasteiger partial charge in [0.25, 0.3) is 0 Å². The van der Waals surface area contributed by atoms with Crippen LogP contribution in [0.1, 0.15) is 17.7 Å². The van der Waals surface area contributed by atoms with Crippen LogP contribution < -0.4 is 4.90 Å². The number of aryl methyl sites for hydroxylation is 1. The second kappa shape index (κ2) is 7.16. The highest BCUT2D eigenvalue weighted by atomic mass is 32.1. The highest BCUT2D eigenvalue weighted by Crippen LogP contribution is 2.31. The maximum absolute atomic E-state index is 12.6. The van der Waals surface area contributed by atoms with Gasteiger partial charge in [0.05, 0.1) is 5.69 Å². The Labute approximate surface area is 136 Å². The van der Waals surface area contributed by atoms with Gasteiger partial charge in [-0.3, -0.25) is 9.59 Å². The summed E-state index contributed by atoms with van der Waals surface area (Å²) in [7, 11) is 0. The van der Waals surface area contributed by atoms with E-state index < -0.39 is 18.6 Å². The van der Waals surface area contributed by atoms with E-state index in [4.69, 9.17) is 0 Å². The average molecular weight is 346 g/mol. The van der Waals surface area contributed by atoms with Gasteiger partial charge in [-0.25, -0.2) is 0 Å². The van der Waals surface area contributed by atoms with E-state index >= 15 is 0 Å². The Bertz CT molecular complexity index is 598. The van der Waals surface area contributed by atoms with Crippen LogP contribution in [-0.2, 0) is 16.0 Å². The van der Waals surface area contributed by atoms with E-state index in [0.717, 1.165) is 11.3 Å². The summed E-state index contributed by atoms with van der Waals surface area (Å²) in [6.07, 6.45) is -1.55. The van der Waals surface area contributed by atoms with Crippen LogP contribution in [0.15, 0.2) is 24.1 Å². The Balaban J connectivity index is 2.16. The summed E-state index contributed by atoms with van der Waals surface area (Å²) in [6.45, 7) is 1.43. The smallest absolute Gasteiger partial charge is 0.328 e. The van der Waals surface area contributed by atoms with E-state index in [2.05, 4.69) is 6.58 Å². The van der Waals surface area contributed by atoms with Crippen molar-refractivity contribution >= 4 is 28.8 Å². The summed E-state index contributed by atoms with van der Waals surface area (Å²) in [5.74, 6) is -0.976. The molecule has 23 heavy (non-hydrogen) atoms. The van der Waals surface area contributed by atoms with Gasteiger partial charge in [-0.15, -0.1) is 17.9 Å². The minimum Gasteiger partial charge on any atom is -0.328 e. The molecule has 0 N–H and O–H groups in total. The summed E-state index contributed by atoms with van der Waals surface area (Å²) >= 11 is 1.49. The molecule has 1 aromatic heterocycles. The minimum atomic E-state index is -4.49. The van der Waals surface area contributed by atoms with Crippen molar-refractivity contribution in [3.8, 4) is 0 Å². The molecule has 0 radical (unpaired) electrons. The highest BCUT2D eigenvalue weighted by molar-refractivity contribution is 7.10. The van der Waals surface area contributed by atoms with Crippen LogP contribution in [0.4, 0.5) is 18.9 Å². The van der Waals surface area contributed by atoms with Gasteiger partial charge >= 0.3 is 6.18 Å². The van der Waals surface area contributed by atoms with Gasteiger partial charge in [-0.2, -0.15) is 13.2 Å². The molecule has 0 aromatic carbocycles. The number of nitrogens with zero attached hydrogens (tertiary/aromatic N) is 2. The largest absolute Gasteiger partial charge is 0.406 e. The molecule has 2 rings (SSSR count). The van der Waals surface area contributed by atoms with Crippen molar-refractivity contribution in [2.75, 3.05) is 24.5 Å². The van der Waals surface area contributed by atoms with Crippen molar-refractivity contribution in [1.29, 1.82) is 0 Å². The predicted octanol–water partition coefficient (Wildman–Crippen LogP) is 2.99. The molecule has 8 heteroatoms. The van der Waals surface area contributed by atoms with Crippen molar-refractivity contribution in [1.82, 2.24) is 4.90 Å². The first-order chi connectivity index (χ1) is 10.8. The van der Waals surface area contributed by atoms with E-state index in [1.165, 1.54) is 22.3 Å². The number of carbonyl (C=O) groups is 2. The van der Waals surface area contributed by atoms with Crippen LogP contribution in [0.25, 0.3) is 0 Å². The van der Waals surface area contributed by atoms with Crippen molar-refractivity contribution in [3.63, 3.8) is 0 Å². The fraction of sp³-hybridized carbons (Fsp3) is 0.467. The monoisotopic (exact) mass is 346 g/mol. The zero-order valence-corrected chi connectivity index (χ0v) is 13.3. The first-order valence-electron chi connectivity index (χ1n) is 7.14. The number of halogens is 3. The number of thiophene rings is 1. The molecule has 0 unspecified atom stereocenters. The molecule has 1 aliphatic heterocycles. The number of hydrogen-bond acceptors (Lipinski definition) is 3. The van der Waals surface area contributed by atoms with Crippen molar-refractivity contribution in [3.05, 3.63) is 29.0 Å². The lowest BCUT2D eigenvalue weighted by Crippen LogP contribution is -2.46. The highest BCUT2D eigenvalue weighted by Gasteiger charge is 2.34. The molecule has 1 aliphatic rings. The summed E-state index contributed by atoms with van der Waals surface area (Å²) < 4.78 is 37.8. The zero-order valence-electron chi connectivity index (χ0n) is 12.4. The number of hydrogen-bond donors (Lipinski definition) is 0. The fourth-order valence-electron chi connectivity index (χ4n) is 2.47. The summed E-state index contributed by atoms with van der Waals surface area (Å²) in [5, 5.41) is 1.82. The number of fused-ring (bicyclic) bond motifs is 1. The molecule has 1 aromatic rings. The van der Waals surface area contributed by atoms with Crippen LogP contribution in [-0.4, -0.2) is 42.5 Å². The lowest BCUT2D eigenvalue weighted by molar-refractivity contribution is -0.159. The van der Waals surface area contributed by atoms with E-state index in [1.807, 2.05) is 5.38 Å². The third kappa shape index (κ3) is 4.57. The normalized spacial score (nSPS) is 15.1. The number of anilines is 1. The van der Waals surface area contributed by atoms with Crippen molar-refractivity contribution < 1.29 is 22.8 Å². The van der Waals surface area contributed by atoms with Crippen LogP contribution in [0, 0.1) is 0 Å². The van der Waals surface area contributed by atoms with Crippen LogP contribution in [0.5, 0.6) is 0 Å². The Morgan fingerprint density at radius 1 is 1.43 bits per heavy atom. The van der Waals surface area contributed by atoms with E-state index in [0.29, 0.717) is 17.0 Å². The van der Waals surface area contributed by atoms with Crippen LogP contribution in [0.3, 0.4) is 0 Å². The van der Waals surface area contributed by atoms with E-state index in [-0.39, 0.29) is 25.4 Å². The standard InChI is InChI=1S/C15H17F3N2O2S/c1-2-7-19(10-15(16,17)18)14(22)9-20-11-6-8-23-12(11)4-3-5-13(20)21/h2,6,8H,1,3-5,7,9-10H2.